The van der Waals surface area contributed by atoms with E-state index >= 15 is 0 Å². The average Bonchev–Trinajstić information content (AvgIpc) is 2.34. The van der Waals surface area contributed by atoms with E-state index in [0.717, 1.165) is 11.3 Å². The van der Waals surface area contributed by atoms with Gasteiger partial charge in [-0.25, -0.2) is 4.79 Å². The van der Waals surface area contributed by atoms with Gasteiger partial charge in [-0.2, -0.15) is 0 Å². The summed E-state index contributed by atoms with van der Waals surface area (Å²) in [7, 11) is 1.61. The summed E-state index contributed by atoms with van der Waals surface area (Å²) in [5, 5.41) is 3.84. The highest BCUT2D eigenvalue weighted by molar-refractivity contribution is 5.98. The van der Waals surface area contributed by atoms with Crippen LogP contribution < -0.4 is 4.74 Å². The molecule has 0 aromatic heterocycles. The molecule has 0 fully saturated rings. The zero-order chi connectivity index (χ0) is 13.8. The van der Waals surface area contributed by atoms with Gasteiger partial charge in [0.2, 0.25) is 0 Å². The third-order valence-corrected chi connectivity index (χ3v) is 2.39. The summed E-state index contributed by atoms with van der Waals surface area (Å²) in [5.41, 5.74) is 0.983. The number of ether oxygens (including phenoxy) is 1. The molecule has 0 saturated carbocycles. The molecule has 0 aliphatic rings. The molecule has 0 saturated heterocycles. The van der Waals surface area contributed by atoms with Gasteiger partial charge in [-0.05, 0) is 57.5 Å². The van der Waals surface area contributed by atoms with Gasteiger partial charge < -0.3 is 9.57 Å². The largest absolute Gasteiger partial charge is 0.497 e. The van der Waals surface area contributed by atoms with Crippen molar-refractivity contribution in [2.75, 3.05) is 7.11 Å². The Bertz CT molecular complexity index is 441. The summed E-state index contributed by atoms with van der Waals surface area (Å²) in [6.07, 6.45) is 0. The quantitative estimate of drug-likeness (QED) is 0.470. The second-order valence-corrected chi connectivity index (χ2v) is 5.03. The van der Waals surface area contributed by atoms with Gasteiger partial charge >= 0.3 is 5.97 Å². The minimum atomic E-state index is -0.552. The van der Waals surface area contributed by atoms with Crippen LogP contribution in [0.15, 0.2) is 29.4 Å². The highest BCUT2D eigenvalue weighted by atomic mass is 16.7. The number of nitrogens with zero attached hydrogens (tertiary/aromatic N) is 1. The van der Waals surface area contributed by atoms with Crippen LogP contribution in [0.5, 0.6) is 5.75 Å². The highest BCUT2D eigenvalue weighted by Gasteiger charge is 2.23. The van der Waals surface area contributed by atoms with Crippen LogP contribution in [-0.2, 0) is 9.63 Å². The van der Waals surface area contributed by atoms with Crippen molar-refractivity contribution in [3.05, 3.63) is 29.8 Å². The molecule has 0 amide bonds. The molecule has 0 unspecified atom stereocenters. The number of carbonyl (C=O) groups excluding carboxylic acids is 1. The number of rotatable bonds is 3. The van der Waals surface area contributed by atoms with Gasteiger partial charge in [-0.1, -0.05) is 5.16 Å². The molecular weight excluding hydrogens is 230 g/mol. The van der Waals surface area contributed by atoms with Gasteiger partial charge in [-0.15, -0.1) is 0 Å². The van der Waals surface area contributed by atoms with Crippen LogP contribution >= 0.6 is 0 Å². The lowest BCUT2D eigenvalue weighted by Crippen LogP contribution is -2.21. The Kier molecular flexibility index (Phi) is 4.48. The monoisotopic (exact) mass is 249 g/mol. The zero-order valence-corrected chi connectivity index (χ0v) is 11.5. The molecule has 0 N–H and O–H groups in total. The maximum absolute atomic E-state index is 11.6. The van der Waals surface area contributed by atoms with E-state index in [-0.39, 0.29) is 5.97 Å². The molecule has 0 spiro atoms. The minimum Gasteiger partial charge on any atom is -0.497 e. The third kappa shape index (κ3) is 3.87. The van der Waals surface area contributed by atoms with Crippen LogP contribution in [0.3, 0.4) is 0 Å². The first-order valence-corrected chi connectivity index (χ1v) is 5.75. The topological polar surface area (TPSA) is 47.9 Å². The number of hydrogen-bond acceptors (Lipinski definition) is 4. The van der Waals surface area contributed by atoms with Crippen LogP contribution in [0, 0.1) is 5.41 Å². The van der Waals surface area contributed by atoms with Crippen LogP contribution in [0.25, 0.3) is 0 Å². The standard InChI is InChI=1S/C14H19NO3/c1-10(15-18-13(16)14(2,3)4)11-6-8-12(17-5)9-7-11/h6-9H,1-5H3/b15-10+. The summed E-state index contributed by atoms with van der Waals surface area (Å²) in [4.78, 5) is 16.4. The predicted molar refractivity (Wildman–Crippen MR) is 70.8 cm³/mol. The molecule has 0 heterocycles. The Balaban J connectivity index is 2.74. The molecule has 98 valence electrons. The maximum Gasteiger partial charge on any atom is 0.340 e. The summed E-state index contributed by atoms with van der Waals surface area (Å²) in [6.45, 7) is 7.15. The molecule has 4 nitrogen and oxygen atoms in total. The Morgan fingerprint density at radius 1 is 1.17 bits per heavy atom. The van der Waals surface area contributed by atoms with E-state index in [0.29, 0.717) is 5.71 Å². The second kappa shape index (κ2) is 5.67. The summed E-state index contributed by atoms with van der Waals surface area (Å²) in [5.74, 6) is 0.425. The highest BCUT2D eigenvalue weighted by Crippen LogP contribution is 2.16. The third-order valence-electron chi connectivity index (χ3n) is 2.39. The minimum absolute atomic E-state index is 0.352. The summed E-state index contributed by atoms with van der Waals surface area (Å²) < 4.78 is 5.07. The lowest BCUT2D eigenvalue weighted by atomic mass is 9.98. The van der Waals surface area contributed by atoms with Crippen molar-refractivity contribution in [1.29, 1.82) is 0 Å². The van der Waals surface area contributed by atoms with Crippen molar-refractivity contribution in [3.8, 4) is 5.75 Å². The second-order valence-electron chi connectivity index (χ2n) is 5.03. The number of benzene rings is 1. The molecule has 0 aliphatic carbocycles. The van der Waals surface area contributed by atoms with Gasteiger partial charge in [0.25, 0.3) is 0 Å². The average molecular weight is 249 g/mol. The first-order valence-electron chi connectivity index (χ1n) is 5.75. The predicted octanol–water partition coefficient (Wildman–Crippen LogP) is 3.01. The number of oxime groups is 1. The molecular formula is C14H19NO3. The van der Waals surface area contributed by atoms with Crippen LogP contribution in [0.1, 0.15) is 33.3 Å². The lowest BCUT2D eigenvalue weighted by molar-refractivity contribution is -0.152. The molecule has 0 bridgehead atoms. The summed E-state index contributed by atoms with van der Waals surface area (Å²) >= 11 is 0. The van der Waals surface area contributed by atoms with Crippen molar-refractivity contribution in [2.24, 2.45) is 10.6 Å². The molecule has 18 heavy (non-hydrogen) atoms. The summed E-state index contributed by atoms with van der Waals surface area (Å²) in [6, 6.07) is 7.39. The van der Waals surface area contributed by atoms with Crippen molar-refractivity contribution < 1.29 is 14.4 Å². The number of carbonyl (C=O) groups is 1. The Morgan fingerprint density at radius 2 is 1.72 bits per heavy atom. The van der Waals surface area contributed by atoms with Gasteiger partial charge in [-0.3, -0.25) is 0 Å². The molecule has 1 rings (SSSR count). The van der Waals surface area contributed by atoms with Gasteiger partial charge in [0, 0.05) is 0 Å². The molecule has 1 aromatic rings. The smallest absolute Gasteiger partial charge is 0.340 e. The first kappa shape index (κ1) is 14.2. The lowest BCUT2D eigenvalue weighted by Gasteiger charge is -2.13. The first-order chi connectivity index (χ1) is 8.34. The van der Waals surface area contributed by atoms with E-state index in [9.17, 15) is 4.79 Å². The fourth-order valence-corrected chi connectivity index (χ4v) is 1.13. The van der Waals surface area contributed by atoms with E-state index in [4.69, 9.17) is 9.57 Å². The molecule has 1 aromatic carbocycles. The van der Waals surface area contributed by atoms with Gasteiger partial charge in [0.1, 0.15) is 5.75 Å². The fourth-order valence-electron chi connectivity index (χ4n) is 1.13. The van der Waals surface area contributed by atoms with Crippen LogP contribution in [0.2, 0.25) is 0 Å². The fraction of sp³-hybridized carbons (Fsp3) is 0.429. The Labute approximate surface area is 108 Å². The Morgan fingerprint density at radius 3 is 2.17 bits per heavy atom. The van der Waals surface area contributed by atoms with E-state index in [1.54, 1.807) is 34.8 Å². The van der Waals surface area contributed by atoms with E-state index < -0.39 is 5.41 Å². The van der Waals surface area contributed by atoms with Crippen molar-refractivity contribution in [1.82, 2.24) is 0 Å². The van der Waals surface area contributed by atoms with Gasteiger partial charge in [0.15, 0.2) is 0 Å². The van der Waals surface area contributed by atoms with Crippen LogP contribution in [-0.4, -0.2) is 18.8 Å². The normalized spacial score (nSPS) is 12.2. The van der Waals surface area contributed by atoms with Crippen molar-refractivity contribution in [3.63, 3.8) is 0 Å². The molecule has 4 heteroatoms. The van der Waals surface area contributed by atoms with E-state index in [1.165, 1.54) is 0 Å². The van der Waals surface area contributed by atoms with Gasteiger partial charge in [0.05, 0.1) is 18.2 Å². The number of hydrogen-bond donors (Lipinski definition) is 0. The molecule has 0 atom stereocenters. The van der Waals surface area contributed by atoms with E-state index in [2.05, 4.69) is 5.16 Å². The maximum atomic E-state index is 11.6. The SMILES string of the molecule is COc1ccc(/C(C)=N/OC(=O)C(C)(C)C)cc1. The van der Waals surface area contributed by atoms with Crippen molar-refractivity contribution >= 4 is 11.7 Å². The van der Waals surface area contributed by atoms with E-state index in [1.807, 2.05) is 24.3 Å². The molecule has 0 aliphatic heterocycles. The zero-order valence-electron chi connectivity index (χ0n) is 11.5. The molecule has 0 radical (unpaired) electrons. The van der Waals surface area contributed by atoms with Crippen molar-refractivity contribution in [2.45, 2.75) is 27.7 Å². The Hall–Kier alpha value is -1.84. The number of methoxy groups -OCH3 is 1. The van der Waals surface area contributed by atoms with Crippen LogP contribution in [0.4, 0.5) is 0 Å².